The fraction of sp³-hybridized carbons (Fsp3) is 0.167. The lowest BCUT2D eigenvalue weighted by Crippen LogP contribution is -2.11. The molecule has 2 heterocycles. The second-order valence-corrected chi connectivity index (χ2v) is 7.01. The summed E-state index contributed by atoms with van der Waals surface area (Å²) in [5, 5.41) is 4.17. The minimum Gasteiger partial charge on any atom is -0.353 e. The van der Waals surface area contributed by atoms with E-state index >= 15 is 0 Å². The smallest absolute Gasteiger partial charge is 0.224 e. The topological polar surface area (TPSA) is 57.8 Å². The van der Waals surface area contributed by atoms with Crippen LogP contribution < -0.4 is 5.32 Å². The first-order chi connectivity index (χ1) is 13.7. The van der Waals surface area contributed by atoms with Crippen LogP contribution in [0, 0.1) is 6.92 Å². The van der Waals surface area contributed by atoms with Crippen LogP contribution in [0.1, 0.15) is 24.0 Å². The predicted octanol–water partition coefficient (Wildman–Crippen LogP) is 5.50. The Hall–Kier alpha value is -3.40. The lowest BCUT2D eigenvalue weighted by Gasteiger charge is -2.07. The van der Waals surface area contributed by atoms with Crippen LogP contribution in [0.3, 0.4) is 0 Å². The lowest BCUT2D eigenvalue weighted by atomic mass is 10.0. The van der Waals surface area contributed by atoms with E-state index in [4.69, 9.17) is 0 Å². The number of carbonyl (C=O) groups excluding carboxylic acids is 1. The molecule has 2 aromatic heterocycles. The molecule has 0 atom stereocenters. The predicted molar refractivity (Wildman–Crippen MR) is 114 cm³/mol. The van der Waals surface area contributed by atoms with E-state index in [0.717, 1.165) is 35.4 Å². The van der Waals surface area contributed by atoms with Gasteiger partial charge in [-0.2, -0.15) is 0 Å². The maximum atomic E-state index is 12.3. The van der Waals surface area contributed by atoms with Crippen molar-refractivity contribution in [1.29, 1.82) is 0 Å². The zero-order chi connectivity index (χ0) is 19.3. The Morgan fingerprint density at radius 3 is 2.64 bits per heavy atom. The molecule has 0 radical (unpaired) electrons. The van der Waals surface area contributed by atoms with E-state index in [1.807, 2.05) is 54.7 Å². The van der Waals surface area contributed by atoms with Crippen LogP contribution in [-0.2, 0) is 11.2 Å². The normalized spacial score (nSPS) is 10.9. The Kier molecular flexibility index (Phi) is 5.20. The number of fused-ring (bicyclic) bond motifs is 1. The first kappa shape index (κ1) is 18.0. The Bertz CT molecular complexity index is 1090. The average Bonchev–Trinajstić information content (AvgIpc) is 3.07. The van der Waals surface area contributed by atoms with Gasteiger partial charge in [0.15, 0.2) is 0 Å². The summed E-state index contributed by atoms with van der Waals surface area (Å²) in [5.41, 5.74) is 6.37. The molecule has 0 aliphatic heterocycles. The number of benzene rings is 2. The summed E-state index contributed by atoms with van der Waals surface area (Å²) < 4.78 is 0. The Balaban J connectivity index is 1.54. The fourth-order valence-corrected chi connectivity index (χ4v) is 3.52. The fourth-order valence-electron chi connectivity index (χ4n) is 3.52. The van der Waals surface area contributed by atoms with Gasteiger partial charge in [0, 0.05) is 29.2 Å². The molecule has 0 fully saturated rings. The number of pyridine rings is 1. The summed E-state index contributed by atoms with van der Waals surface area (Å²) in [4.78, 5) is 20.3. The molecule has 0 aliphatic carbocycles. The van der Waals surface area contributed by atoms with Gasteiger partial charge in [0.1, 0.15) is 0 Å². The minimum absolute atomic E-state index is 0.0432. The van der Waals surface area contributed by atoms with Crippen LogP contribution in [0.25, 0.3) is 22.3 Å². The lowest BCUT2D eigenvalue weighted by molar-refractivity contribution is -0.116. The molecule has 1 amide bonds. The van der Waals surface area contributed by atoms with Crippen LogP contribution in [0.15, 0.2) is 72.9 Å². The molecule has 28 heavy (non-hydrogen) atoms. The molecule has 2 aromatic carbocycles. The van der Waals surface area contributed by atoms with Crippen molar-refractivity contribution in [3.63, 3.8) is 0 Å². The summed E-state index contributed by atoms with van der Waals surface area (Å²) in [7, 11) is 0. The molecular weight excluding hydrogens is 346 g/mol. The molecule has 4 heteroatoms. The van der Waals surface area contributed by atoms with E-state index in [2.05, 4.69) is 40.4 Å². The first-order valence-electron chi connectivity index (χ1n) is 9.58. The summed E-state index contributed by atoms with van der Waals surface area (Å²) in [6.45, 7) is 2.10. The number of hydrogen-bond acceptors (Lipinski definition) is 2. The van der Waals surface area contributed by atoms with E-state index in [-0.39, 0.29) is 5.91 Å². The van der Waals surface area contributed by atoms with E-state index in [1.54, 1.807) is 0 Å². The van der Waals surface area contributed by atoms with Crippen LogP contribution >= 0.6 is 0 Å². The summed E-state index contributed by atoms with van der Waals surface area (Å²) in [5.74, 6) is 0.0432. The Labute approximate surface area is 164 Å². The van der Waals surface area contributed by atoms with Crippen molar-refractivity contribution in [1.82, 2.24) is 9.97 Å². The van der Waals surface area contributed by atoms with Gasteiger partial charge < -0.3 is 10.3 Å². The number of aryl methyl sites for hydroxylation is 2. The molecule has 4 rings (SSSR count). The summed E-state index contributed by atoms with van der Waals surface area (Å²) in [6.07, 6.45) is 3.88. The van der Waals surface area contributed by atoms with Gasteiger partial charge in [-0.05, 0) is 61.7 Å². The van der Waals surface area contributed by atoms with Gasteiger partial charge in [0.2, 0.25) is 5.91 Å². The third-order valence-corrected chi connectivity index (χ3v) is 4.87. The monoisotopic (exact) mass is 369 g/mol. The van der Waals surface area contributed by atoms with Gasteiger partial charge in [0.25, 0.3) is 0 Å². The number of rotatable bonds is 6. The molecule has 2 N–H and O–H groups in total. The molecule has 0 saturated carbocycles. The van der Waals surface area contributed by atoms with Crippen molar-refractivity contribution in [2.24, 2.45) is 0 Å². The van der Waals surface area contributed by atoms with Gasteiger partial charge in [-0.15, -0.1) is 0 Å². The zero-order valence-electron chi connectivity index (χ0n) is 15.9. The van der Waals surface area contributed by atoms with Crippen molar-refractivity contribution in [3.05, 3.63) is 84.1 Å². The highest BCUT2D eigenvalue weighted by Crippen LogP contribution is 2.31. The Morgan fingerprint density at radius 2 is 1.86 bits per heavy atom. The van der Waals surface area contributed by atoms with Crippen molar-refractivity contribution in [2.45, 2.75) is 26.2 Å². The second kappa shape index (κ2) is 8.09. The van der Waals surface area contributed by atoms with E-state index < -0.39 is 0 Å². The van der Waals surface area contributed by atoms with Crippen molar-refractivity contribution < 1.29 is 4.79 Å². The quantitative estimate of drug-likeness (QED) is 0.471. The maximum absolute atomic E-state index is 12.3. The van der Waals surface area contributed by atoms with Crippen LogP contribution in [0.5, 0.6) is 0 Å². The SMILES string of the molecule is Cc1ccc2[nH]c(-c3ccccn3)c(CCCC(=O)Nc3ccccc3)c2c1. The number of para-hydroxylation sites is 1. The zero-order valence-corrected chi connectivity index (χ0v) is 15.9. The number of H-pyrrole nitrogens is 1. The molecule has 4 nitrogen and oxygen atoms in total. The van der Waals surface area contributed by atoms with Gasteiger partial charge in [-0.1, -0.05) is 35.9 Å². The molecule has 0 aliphatic rings. The molecule has 0 bridgehead atoms. The molecule has 0 saturated heterocycles. The van der Waals surface area contributed by atoms with E-state index in [0.29, 0.717) is 6.42 Å². The highest BCUT2D eigenvalue weighted by atomic mass is 16.1. The number of nitrogens with zero attached hydrogens (tertiary/aromatic N) is 1. The van der Waals surface area contributed by atoms with Crippen molar-refractivity contribution >= 4 is 22.5 Å². The highest BCUT2D eigenvalue weighted by molar-refractivity contribution is 5.92. The van der Waals surface area contributed by atoms with E-state index in [9.17, 15) is 4.79 Å². The number of hydrogen-bond donors (Lipinski definition) is 2. The third-order valence-electron chi connectivity index (χ3n) is 4.87. The van der Waals surface area contributed by atoms with Crippen molar-refractivity contribution in [2.75, 3.05) is 5.32 Å². The number of aromatic nitrogens is 2. The highest BCUT2D eigenvalue weighted by Gasteiger charge is 2.14. The standard InChI is InChI=1S/C24H23N3O/c1-17-13-14-21-20(16-17)19(24(27-21)22-11-5-6-15-25-22)10-7-12-23(28)26-18-8-3-2-4-9-18/h2-6,8-9,11,13-16,27H,7,10,12H2,1H3,(H,26,28). The first-order valence-corrected chi connectivity index (χ1v) is 9.58. The summed E-state index contributed by atoms with van der Waals surface area (Å²) >= 11 is 0. The molecule has 140 valence electrons. The maximum Gasteiger partial charge on any atom is 0.224 e. The molecule has 0 unspecified atom stereocenters. The van der Waals surface area contributed by atoms with E-state index in [1.165, 1.54) is 16.5 Å². The number of amides is 1. The number of anilines is 1. The molecular formula is C24H23N3O. The molecule has 4 aromatic rings. The molecule has 0 spiro atoms. The van der Waals surface area contributed by atoms with Crippen LogP contribution in [0.2, 0.25) is 0 Å². The van der Waals surface area contributed by atoms with Gasteiger partial charge in [-0.3, -0.25) is 9.78 Å². The largest absolute Gasteiger partial charge is 0.353 e. The van der Waals surface area contributed by atoms with Gasteiger partial charge in [0.05, 0.1) is 11.4 Å². The Morgan fingerprint density at radius 1 is 1.04 bits per heavy atom. The number of aromatic amines is 1. The van der Waals surface area contributed by atoms with Crippen LogP contribution in [0.4, 0.5) is 5.69 Å². The van der Waals surface area contributed by atoms with Gasteiger partial charge >= 0.3 is 0 Å². The summed E-state index contributed by atoms with van der Waals surface area (Å²) in [6, 6.07) is 21.9. The number of carbonyl (C=O) groups is 1. The second-order valence-electron chi connectivity index (χ2n) is 7.01. The van der Waals surface area contributed by atoms with Crippen molar-refractivity contribution in [3.8, 4) is 11.4 Å². The third kappa shape index (κ3) is 3.96. The average molecular weight is 369 g/mol. The van der Waals surface area contributed by atoms with Crippen LogP contribution in [-0.4, -0.2) is 15.9 Å². The van der Waals surface area contributed by atoms with Gasteiger partial charge in [-0.25, -0.2) is 0 Å². The number of nitrogens with one attached hydrogen (secondary N) is 2. The minimum atomic E-state index is 0.0432.